The smallest absolute Gasteiger partial charge is 0.109 e. The lowest BCUT2D eigenvalue weighted by Gasteiger charge is -2.32. The van der Waals surface area contributed by atoms with Crippen molar-refractivity contribution in [2.24, 2.45) is 17.8 Å². The van der Waals surface area contributed by atoms with Crippen molar-refractivity contribution in [2.75, 3.05) is 0 Å². The van der Waals surface area contributed by atoms with Crippen LogP contribution in [0.2, 0.25) is 0 Å². The Morgan fingerprint density at radius 1 is 1.50 bits per heavy atom. The molecule has 2 rings (SSSR count). The molecule has 66 valence electrons. The minimum absolute atomic E-state index is 0.00343. The highest BCUT2D eigenvalue weighted by atomic mass is 16.5. The van der Waals surface area contributed by atoms with E-state index in [1.54, 1.807) is 0 Å². The molecule has 0 aromatic heterocycles. The molecule has 0 aromatic carbocycles. The predicted molar refractivity (Wildman–Crippen MR) is 50.1 cm³/mol. The van der Waals surface area contributed by atoms with E-state index >= 15 is 0 Å². The second kappa shape index (κ2) is 2.51. The number of ether oxygens (including phenoxy) is 1. The van der Waals surface area contributed by atoms with Gasteiger partial charge in [0, 0.05) is 6.00 Å². The van der Waals surface area contributed by atoms with Crippen LogP contribution in [0.15, 0.2) is 0 Å². The Bertz CT molecular complexity index is 180. The molecule has 12 heavy (non-hydrogen) atoms. The molecular weight excluding hydrogens is 147 g/mol. The molecule has 1 unspecified atom stereocenters. The van der Waals surface area contributed by atoms with Gasteiger partial charge in [0.15, 0.2) is 0 Å². The summed E-state index contributed by atoms with van der Waals surface area (Å²) in [5.74, 6) is 2.01. The van der Waals surface area contributed by atoms with Crippen molar-refractivity contribution < 1.29 is 4.74 Å². The Labute approximate surface area is 76.3 Å². The number of fused-ring (bicyclic) bond motifs is 2. The normalized spacial score (nSPS) is 57.9. The van der Waals surface area contributed by atoms with Gasteiger partial charge in [0.25, 0.3) is 0 Å². The Morgan fingerprint density at radius 3 is 2.50 bits per heavy atom. The standard InChI is InChI=1S/C10H17BO/c1-4-10-5-6(2)8(7(10)3)9(11)12-10/h6-9H,4-5H2,1-3H3/t6-,7?,8+,9-,10+/m1/s1. The average molecular weight is 164 g/mol. The van der Waals surface area contributed by atoms with Gasteiger partial charge in [-0.1, -0.05) is 20.8 Å². The highest BCUT2D eigenvalue weighted by Crippen LogP contribution is 2.55. The van der Waals surface area contributed by atoms with Crippen LogP contribution in [0.5, 0.6) is 0 Å². The Hall–Kier alpha value is 0.0249. The molecule has 1 aliphatic heterocycles. The van der Waals surface area contributed by atoms with E-state index in [1.807, 2.05) is 0 Å². The molecule has 2 fully saturated rings. The fraction of sp³-hybridized carbons (Fsp3) is 1.00. The third kappa shape index (κ3) is 0.848. The van der Waals surface area contributed by atoms with Crippen LogP contribution in [-0.4, -0.2) is 19.5 Å². The summed E-state index contributed by atoms with van der Waals surface area (Å²) in [6.45, 7) is 6.81. The first-order valence-corrected chi connectivity index (χ1v) is 5.04. The third-order valence-corrected chi connectivity index (χ3v) is 4.08. The monoisotopic (exact) mass is 164 g/mol. The van der Waals surface area contributed by atoms with Crippen LogP contribution in [0, 0.1) is 17.8 Å². The van der Waals surface area contributed by atoms with E-state index in [0.717, 1.165) is 12.3 Å². The zero-order valence-electron chi connectivity index (χ0n) is 8.21. The van der Waals surface area contributed by atoms with Crippen LogP contribution in [0.1, 0.15) is 33.6 Å². The van der Waals surface area contributed by atoms with Crippen LogP contribution in [0.25, 0.3) is 0 Å². The number of rotatable bonds is 1. The lowest BCUT2D eigenvalue weighted by molar-refractivity contribution is -0.0606. The van der Waals surface area contributed by atoms with E-state index in [0.29, 0.717) is 11.8 Å². The molecule has 0 N–H and O–H groups in total. The van der Waals surface area contributed by atoms with Gasteiger partial charge in [-0.15, -0.1) is 0 Å². The summed E-state index contributed by atoms with van der Waals surface area (Å²) in [5.41, 5.74) is 0.128. The van der Waals surface area contributed by atoms with Gasteiger partial charge in [-0.25, -0.2) is 0 Å². The fourth-order valence-electron chi connectivity index (χ4n) is 3.37. The molecule has 0 spiro atoms. The molecule has 2 bridgehead atoms. The van der Waals surface area contributed by atoms with Gasteiger partial charge in [0.1, 0.15) is 7.85 Å². The van der Waals surface area contributed by atoms with Crippen LogP contribution in [0.4, 0.5) is 0 Å². The van der Waals surface area contributed by atoms with E-state index in [9.17, 15) is 0 Å². The maximum Gasteiger partial charge on any atom is 0.109 e. The molecule has 0 amide bonds. The maximum absolute atomic E-state index is 5.94. The molecule has 1 heterocycles. The first-order valence-electron chi connectivity index (χ1n) is 5.04. The molecule has 2 heteroatoms. The van der Waals surface area contributed by atoms with Gasteiger partial charge in [-0.2, -0.15) is 0 Å². The second-order valence-electron chi connectivity index (χ2n) is 4.55. The van der Waals surface area contributed by atoms with E-state index in [1.165, 1.54) is 6.42 Å². The van der Waals surface area contributed by atoms with Gasteiger partial charge < -0.3 is 4.74 Å². The minimum atomic E-state index is 0.00343. The predicted octanol–water partition coefficient (Wildman–Crippen LogP) is 1.95. The summed E-state index contributed by atoms with van der Waals surface area (Å²) in [6.07, 6.45) is 2.33. The second-order valence-corrected chi connectivity index (χ2v) is 4.55. The van der Waals surface area contributed by atoms with E-state index < -0.39 is 0 Å². The van der Waals surface area contributed by atoms with Crippen LogP contribution in [0.3, 0.4) is 0 Å². The minimum Gasteiger partial charge on any atom is -0.381 e. The summed E-state index contributed by atoms with van der Waals surface area (Å²) in [4.78, 5) is 0. The lowest BCUT2D eigenvalue weighted by Crippen LogP contribution is -2.34. The summed E-state index contributed by atoms with van der Waals surface area (Å²) >= 11 is 0. The van der Waals surface area contributed by atoms with Crippen molar-refractivity contribution in [1.29, 1.82) is 0 Å². The Balaban J connectivity index is 2.28. The van der Waals surface area contributed by atoms with Crippen molar-refractivity contribution >= 4 is 7.85 Å². The van der Waals surface area contributed by atoms with Crippen molar-refractivity contribution in [1.82, 2.24) is 0 Å². The number of hydrogen-bond acceptors (Lipinski definition) is 1. The molecule has 0 aromatic rings. The Kier molecular flexibility index (Phi) is 1.80. The molecule has 1 saturated carbocycles. The molecule has 5 atom stereocenters. The highest BCUT2D eigenvalue weighted by Gasteiger charge is 2.57. The summed E-state index contributed by atoms with van der Waals surface area (Å²) in [7, 11) is 5.94. The van der Waals surface area contributed by atoms with Crippen LogP contribution in [-0.2, 0) is 4.74 Å². The lowest BCUT2D eigenvalue weighted by atomic mass is 9.78. The summed E-state index contributed by atoms with van der Waals surface area (Å²) < 4.78 is 5.86. The van der Waals surface area contributed by atoms with E-state index in [-0.39, 0.29) is 11.6 Å². The van der Waals surface area contributed by atoms with Crippen molar-refractivity contribution in [3.63, 3.8) is 0 Å². The molecule has 1 saturated heterocycles. The zero-order chi connectivity index (χ0) is 8.93. The first kappa shape index (κ1) is 8.62. The van der Waals surface area contributed by atoms with Gasteiger partial charge in [-0.3, -0.25) is 0 Å². The van der Waals surface area contributed by atoms with Gasteiger partial charge >= 0.3 is 0 Å². The van der Waals surface area contributed by atoms with Crippen LogP contribution >= 0.6 is 0 Å². The quantitative estimate of drug-likeness (QED) is 0.538. The van der Waals surface area contributed by atoms with Crippen molar-refractivity contribution in [3.8, 4) is 0 Å². The van der Waals surface area contributed by atoms with Crippen LogP contribution < -0.4 is 0 Å². The average Bonchev–Trinajstić information content (AvgIpc) is 2.37. The molecule has 2 aliphatic rings. The molecular formula is C10H17BO. The van der Waals surface area contributed by atoms with Gasteiger partial charge in [-0.05, 0) is 30.6 Å². The maximum atomic E-state index is 5.94. The SMILES string of the molecule is [B][C@@H]1O[C@@]2(CC)C[C@@H](C)[C@H]1C2C. The first-order chi connectivity index (χ1) is 5.60. The zero-order valence-corrected chi connectivity index (χ0v) is 8.21. The molecule has 1 nitrogen and oxygen atoms in total. The van der Waals surface area contributed by atoms with Crippen molar-refractivity contribution in [2.45, 2.75) is 45.2 Å². The van der Waals surface area contributed by atoms with Gasteiger partial charge in [0.05, 0.1) is 5.60 Å². The highest BCUT2D eigenvalue weighted by molar-refractivity contribution is 6.11. The number of hydrogen-bond donors (Lipinski definition) is 0. The molecule has 2 radical (unpaired) electrons. The topological polar surface area (TPSA) is 9.23 Å². The molecule has 1 aliphatic carbocycles. The van der Waals surface area contributed by atoms with E-state index in [2.05, 4.69) is 20.8 Å². The van der Waals surface area contributed by atoms with E-state index in [4.69, 9.17) is 12.6 Å². The largest absolute Gasteiger partial charge is 0.381 e. The van der Waals surface area contributed by atoms with Gasteiger partial charge in [0.2, 0.25) is 0 Å². The third-order valence-electron chi connectivity index (χ3n) is 4.08. The van der Waals surface area contributed by atoms with Crippen molar-refractivity contribution in [3.05, 3.63) is 0 Å². The summed E-state index contributed by atoms with van der Waals surface area (Å²) in [5, 5.41) is 0. The fourth-order valence-corrected chi connectivity index (χ4v) is 3.37. The Morgan fingerprint density at radius 2 is 2.17 bits per heavy atom. The summed E-state index contributed by atoms with van der Waals surface area (Å²) in [6, 6.07) is 0.00343.